The number of aliphatic carboxylic acids is 2. The highest BCUT2D eigenvalue weighted by Gasteiger charge is 2.32. The summed E-state index contributed by atoms with van der Waals surface area (Å²) in [6, 6.07) is 28.5. The van der Waals surface area contributed by atoms with Crippen molar-refractivity contribution in [3.05, 3.63) is 118 Å². The van der Waals surface area contributed by atoms with Crippen molar-refractivity contribution in [2.24, 2.45) is 5.92 Å². The van der Waals surface area contributed by atoms with Crippen LogP contribution in [0.25, 0.3) is 10.8 Å². The van der Waals surface area contributed by atoms with Crippen LogP contribution in [0.5, 0.6) is 0 Å². The molecule has 0 radical (unpaired) electrons. The molecule has 0 saturated carbocycles. The van der Waals surface area contributed by atoms with Gasteiger partial charge < -0.3 is 15.1 Å². The molecule has 3 atom stereocenters. The normalized spacial score (nSPS) is 13.3. The summed E-state index contributed by atoms with van der Waals surface area (Å²) in [5.74, 6) is -4.51. The molecule has 2 N–H and O–H groups in total. The number of benzene rings is 4. The first-order chi connectivity index (χ1) is 19.6. The van der Waals surface area contributed by atoms with Crippen LogP contribution >= 0.6 is 23.2 Å². The Kier molecular flexibility index (Phi) is 10.0. The van der Waals surface area contributed by atoms with Gasteiger partial charge in [0.15, 0.2) is 0 Å². The fraction of sp³-hybridized carbons (Fsp3) is 0.242. The van der Waals surface area contributed by atoms with Gasteiger partial charge in [-0.15, -0.1) is 0 Å². The lowest BCUT2D eigenvalue weighted by atomic mass is 9.85. The molecule has 0 saturated heterocycles. The van der Waals surface area contributed by atoms with Crippen LogP contribution in [0.3, 0.4) is 0 Å². The molecule has 4 aromatic rings. The van der Waals surface area contributed by atoms with Crippen molar-refractivity contribution in [1.29, 1.82) is 0 Å². The molecule has 0 aromatic heterocycles. The molecule has 41 heavy (non-hydrogen) atoms. The van der Waals surface area contributed by atoms with Gasteiger partial charge in [-0.2, -0.15) is 0 Å². The maximum Gasteiger partial charge on any atom is 0.307 e. The first-order valence-corrected chi connectivity index (χ1v) is 14.1. The molecule has 0 aliphatic carbocycles. The van der Waals surface area contributed by atoms with Gasteiger partial charge in [-0.1, -0.05) is 83.9 Å². The van der Waals surface area contributed by atoms with Crippen LogP contribution in [0.4, 0.5) is 0 Å². The van der Waals surface area contributed by atoms with Gasteiger partial charge in [-0.25, -0.2) is 0 Å². The van der Waals surface area contributed by atoms with E-state index in [0.717, 1.165) is 27.5 Å². The standard InChI is InChI=1S/C33H31Cl2NO5/c1-21(30(25-10-14-29(35)15-11-25)17-22-7-12-28(34)13-8-22)36(31(37)18-27(33(40)41)19-32(38)39)20-23-6-9-24-4-2-3-5-26(24)16-23/h2-16,21,27,30H,17-20H2,1H3,(H,38,39)(H,40,41). The molecule has 1 amide bonds. The monoisotopic (exact) mass is 591 g/mol. The highest BCUT2D eigenvalue weighted by molar-refractivity contribution is 6.30. The Labute approximate surface area is 249 Å². The number of hydrogen-bond acceptors (Lipinski definition) is 3. The number of carboxylic acids is 2. The van der Waals surface area contributed by atoms with Gasteiger partial charge in [0, 0.05) is 35.0 Å². The lowest BCUT2D eigenvalue weighted by Gasteiger charge is -2.36. The van der Waals surface area contributed by atoms with Crippen molar-refractivity contribution in [3.8, 4) is 0 Å². The number of carboxylic acid groups (broad SMARTS) is 2. The van der Waals surface area contributed by atoms with Crippen LogP contribution in [0, 0.1) is 5.92 Å². The van der Waals surface area contributed by atoms with Crippen molar-refractivity contribution in [2.75, 3.05) is 0 Å². The molecule has 8 heteroatoms. The van der Waals surface area contributed by atoms with Crippen molar-refractivity contribution in [1.82, 2.24) is 4.90 Å². The largest absolute Gasteiger partial charge is 0.481 e. The third kappa shape index (κ3) is 8.09. The molecule has 0 aliphatic rings. The lowest BCUT2D eigenvalue weighted by Crippen LogP contribution is -2.43. The predicted octanol–water partition coefficient (Wildman–Crippen LogP) is 7.46. The van der Waals surface area contributed by atoms with E-state index in [9.17, 15) is 24.6 Å². The topological polar surface area (TPSA) is 94.9 Å². The SMILES string of the molecule is CC(C(Cc1ccc(Cl)cc1)c1ccc(Cl)cc1)N(Cc1ccc2ccccc2c1)C(=O)CC(CC(=O)O)C(=O)O. The molecule has 0 fully saturated rings. The van der Waals surface area contributed by atoms with Gasteiger partial charge in [-0.3, -0.25) is 14.4 Å². The van der Waals surface area contributed by atoms with E-state index in [-0.39, 0.29) is 18.5 Å². The average Bonchev–Trinajstić information content (AvgIpc) is 2.95. The van der Waals surface area contributed by atoms with E-state index in [0.29, 0.717) is 16.5 Å². The van der Waals surface area contributed by atoms with Crippen molar-refractivity contribution in [2.45, 2.75) is 44.7 Å². The van der Waals surface area contributed by atoms with Crippen LogP contribution in [-0.2, 0) is 27.3 Å². The molecule has 3 unspecified atom stereocenters. The summed E-state index contributed by atoms with van der Waals surface area (Å²) in [7, 11) is 0. The number of halogens is 2. The van der Waals surface area contributed by atoms with Gasteiger partial charge >= 0.3 is 11.9 Å². The molecule has 212 valence electrons. The number of carbonyl (C=O) groups excluding carboxylic acids is 1. The fourth-order valence-corrected chi connectivity index (χ4v) is 5.40. The smallest absolute Gasteiger partial charge is 0.307 e. The van der Waals surface area contributed by atoms with E-state index in [4.69, 9.17) is 23.2 Å². The maximum absolute atomic E-state index is 13.9. The summed E-state index contributed by atoms with van der Waals surface area (Å²) >= 11 is 12.3. The Morgan fingerprint density at radius 1 is 0.756 bits per heavy atom. The minimum Gasteiger partial charge on any atom is -0.481 e. The van der Waals surface area contributed by atoms with Crippen molar-refractivity contribution < 1.29 is 24.6 Å². The zero-order chi connectivity index (χ0) is 29.5. The number of nitrogens with zero attached hydrogens (tertiary/aromatic N) is 1. The Bertz CT molecular complexity index is 1520. The van der Waals surface area contributed by atoms with E-state index in [1.807, 2.05) is 85.8 Å². The second-order valence-electron chi connectivity index (χ2n) is 10.3. The Morgan fingerprint density at radius 3 is 1.95 bits per heavy atom. The zero-order valence-corrected chi connectivity index (χ0v) is 24.1. The molecule has 0 heterocycles. The van der Waals surface area contributed by atoms with E-state index in [1.165, 1.54) is 0 Å². The molecule has 6 nitrogen and oxygen atoms in total. The highest BCUT2D eigenvalue weighted by atomic mass is 35.5. The molecule has 4 rings (SSSR count). The van der Waals surface area contributed by atoms with Crippen LogP contribution < -0.4 is 0 Å². The number of hydrogen-bond donors (Lipinski definition) is 2. The predicted molar refractivity (Wildman–Crippen MR) is 161 cm³/mol. The first kappa shape index (κ1) is 30.1. The number of amides is 1. The van der Waals surface area contributed by atoms with Crippen LogP contribution in [0.2, 0.25) is 10.0 Å². The molecule has 0 bridgehead atoms. The van der Waals surface area contributed by atoms with E-state index < -0.39 is 36.6 Å². The summed E-state index contributed by atoms with van der Waals surface area (Å²) < 4.78 is 0. The molecule has 0 spiro atoms. The Hall–Kier alpha value is -3.87. The molecule has 4 aromatic carbocycles. The Morgan fingerprint density at radius 2 is 1.34 bits per heavy atom. The van der Waals surface area contributed by atoms with Gasteiger partial charge in [0.2, 0.25) is 5.91 Å². The van der Waals surface area contributed by atoms with Gasteiger partial charge in [0.05, 0.1) is 12.3 Å². The van der Waals surface area contributed by atoms with Crippen LogP contribution in [0.1, 0.15) is 42.4 Å². The fourth-order valence-electron chi connectivity index (χ4n) is 5.15. The first-order valence-electron chi connectivity index (χ1n) is 13.3. The molecular weight excluding hydrogens is 561 g/mol. The maximum atomic E-state index is 13.9. The van der Waals surface area contributed by atoms with Crippen LogP contribution in [0.15, 0.2) is 91.0 Å². The van der Waals surface area contributed by atoms with Gasteiger partial charge in [0.25, 0.3) is 0 Å². The molecular formula is C33H31Cl2NO5. The van der Waals surface area contributed by atoms with Crippen molar-refractivity contribution in [3.63, 3.8) is 0 Å². The number of rotatable bonds is 12. The average molecular weight is 593 g/mol. The minimum absolute atomic E-state index is 0.180. The van der Waals surface area contributed by atoms with Crippen LogP contribution in [-0.4, -0.2) is 39.0 Å². The second kappa shape index (κ2) is 13.7. The van der Waals surface area contributed by atoms with Crippen molar-refractivity contribution >= 4 is 51.8 Å². The second-order valence-corrected chi connectivity index (χ2v) is 11.1. The summed E-state index contributed by atoms with van der Waals surface area (Å²) in [4.78, 5) is 38.8. The summed E-state index contributed by atoms with van der Waals surface area (Å²) in [6.45, 7) is 2.18. The third-order valence-corrected chi connectivity index (χ3v) is 7.92. The lowest BCUT2D eigenvalue weighted by molar-refractivity contribution is -0.151. The minimum atomic E-state index is -1.34. The quantitative estimate of drug-likeness (QED) is 0.178. The van der Waals surface area contributed by atoms with E-state index in [2.05, 4.69) is 0 Å². The Balaban J connectivity index is 1.73. The highest BCUT2D eigenvalue weighted by Crippen LogP contribution is 2.31. The number of fused-ring (bicyclic) bond motifs is 1. The number of carbonyl (C=O) groups is 3. The summed E-state index contributed by atoms with van der Waals surface area (Å²) in [6.07, 6.45) is -0.475. The van der Waals surface area contributed by atoms with Gasteiger partial charge in [0.1, 0.15) is 0 Å². The zero-order valence-electron chi connectivity index (χ0n) is 22.5. The molecule has 0 aliphatic heterocycles. The third-order valence-electron chi connectivity index (χ3n) is 7.42. The summed E-state index contributed by atoms with van der Waals surface area (Å²) in [5.41, 5.74) is 2.87. The van der Waals surface area contributed by atoms with Gasteiger partial charge in [-0.05, 0) is 71.1 Å². The summed E-state index contributed by atoms with van der Waals surface area (Å²) in [5, 5.41) is 22.2. The van der Waals surface area contributed by atoms with E-state index in [1.54, 1.807) is 17.0 Å². The van der Waals surface area contributed by atoms with E-state index >= 15 is 0 Å².